The highest BCUT2D eigenvalue weighted by Gasteiger charge is 2.47. The number of hydrogen-bond donors (Lipinski definition) is 2. The number of aliphatic hydroxyl groups excluding tert-OH is 1. The van der Waals surface area contributed by atoms with E-state index in [1.807, 2.05) is 6.92 Å². The van der Waals surface area contributed by atoms with Crippen molar-refractivity contribution in [1.82, 2.24) is 0 Å². The Bertz CT molecular complexity index is 1430. The molecular weight excluding hydrogens is 500 g/mol. The Morgan fingerprint density at radius 2 is 1.64 bits per heavy atom. The first kappa shape index (κ1) is 27.3. The average Bonchev–Trinajstić information content (AvgIpc) is 3.19. The number of aliphatic hydroxyl groups is 1. The molecule has 3 aromatic carbocycles. The van der Waals surface area contributed by atoms with Crippen LogP contribution >= 0.6 is 0 Å². The molecule has 4 rings (SSSR count). The van der Waals surface area contributed by atoms with E-state index in [-0.39, 0.29) is 22.8 Å². The number of amides is 2. The van der Waals surface area contributed by atoms with Crippen molar-refractivity contribution in [2.45, 2.75) is 26.8 Å². The zero-order chi connectivity index (χ0) is 28.1. The largest absolute Gasteiger partial charge is 0.507 e. The van der Waals surface area contributed by atoms with Gasteiger partial charge in [-0.05, 0) is 61.9 Å². The van der Waals surface area contributed by atoms with Crippen LogP contribution in [0.25, 0.3) is 5.76 Å². The molecule has 0 aromatic heterocycles. The topological polar surface area (TPSA) is 114 Å². The minimum Gasteiger partial charge on any atom is -0.507 e. The number of methoxy groups -OCH3 is 1. The van der Waals surface area contributed by atoms with Crippen molar-refractivity contribution >= 4 is 34.7 Å². The van der Waals surface area contributed by atoms with Crippen molar-refractivity contribution in [2.75, 3.05) is 30.5 Å². The minimum absolute atomic E-state index is 0.0970. The Hall–Kier alpha value is -4.79. The van der Waals surface area contributed by atoms with Crippen LogP contribution in [0.5, 0.6) is 17.2 Å². The van der Waals surface area contributed by atoms with Crippen LogP contribution in [0.4, 0.5) is 11.4 Å². The van der Waals surface area contributed by atoms with Crippen molar-refractivity contribution in [3.63, 3.8) is 0 Å². The van der Waals surface area contributed by atoms with Crippen LogP contribution in [0.1, 0.15) is 37.9 Å². The number of benzene rings is 3. The lowest BCUT2D eigenvalue weighted by Gasteiger charge is -2.26. The van der Waals surface area contributed by atoms with E-state index in [9.17, 15) is 19.5 Å². The van der Waals surface area contributed by atoms with E-state index in [0.29, 0.717) is 47.4 Å². The van der Waals surface area contributed by atoms with Gasteiger partial charge in [0.15, 0.2) is 0 Å². The Morgan fingerprint density at radius 1 is 0.949 bits per heavy atom. The molecule has 1 aliphatic rings. The number of ketones is 1. The van der Waals surface area contributed by atoms with Crippen molar-refractivity contribution in [2.24, 2.45) is 0 Å². The molecule has 3 aromatic rings. The van der Waals surface area contributed by atoms with Gasteiger partial charge >= 0.3 is 0 Å². The van der Waals surface area contributed by atoms with Gasteiger partial charge in [0, 0.05) is 24.4 Å². The summed E-state index contributed by atoms with van der Waals surface area (Å²) in [6.07, 6.45) is 0. The number of nitrogens with zero attached hydrogens (tertiary/aromatic N) is 1. The van der Waals surface area contributed by atoms with Gasteiger partial charge in [0.25, 0.3) is 11.7 Å². The molecule has 1 fully saturated rings. The van der Waals surface area contributed by atoms with Crippen molar-refractivity contribution < 1.29 is 33.7 Å². The monoisotopic (exact) mass is 530 g/mol. The quantitative estimate of drug-likeness (QED) is 0.225. The summed E-state index contributed by atoms with van der Waals surface area (Å²) in [5, 5.41) is 14.3. The van der Waals surface area contributed by atoms with Crippen molar-refractivity contribution in [1.29, 1.82) is 0 Å². The number of carbonyl (C=O) groups is 3. The maximum atomic E-state index is 13.5. The highest BCUT2D eigenvalue weighted by Crippen LogP contribution is 2.44. The van der Waals surface area contributed by atoms with Crippen LogP contribution < -0.4 is 24.4 Å². The smallest absolute Gasteiger partial charge is 0.300 e. The second-order valence-corrected chi connectivity index (χ2v) is 8.70. The first-order valence-corrected chi connectivity index (χ1v) is 12.5. The van der Waals surface area contributed by atoms with E-state index in [4.69, 9.17) is 14.2 Å². The van der Waals surface area contributed by atoms with E-state index in [0.717, 1.165) is 0 Å². The zero-order valence-electron chi connectivity index (χ0n) is 22.2. The molecule has 1 unspecified atom stereocenters. The number of anilines is 2. The summed E-state index contributed by atoms with van der Waals surface area (Å²) < 4.78 is 16.6. The summed E-state index contributed by atoms with van der Waals surface area (Å²) in [4.78, 5) is 40.0. The predicted molar refractivity (Wildman–Crippen MR) is 147 cm³/mol. The molecule has 202 valence electrons. The van der Waals surface area contributed by atoms with Crippen LogP contribution in [0.2, 0.25) is 0 Å². The maximum absolute atomic E-state index is 13.5. The summed E-state index contributed by atoms with van der Waals surface area (Å²) in [7, 11) is 1.54. The Labute approximate surface area is 226 Å². The first-order valence-electron chi connectivity index (χ1n) is 12.5. The second kappa shape index (κ2) is 11.7. The zero-order valence-corrected chi connectivity index (χ0v) is 22.2. The highest BCUT2D eigenvalue weighted by atomic mass is 16.5. The lowest BCUT2D eigenvalue weighted by Crippen LogP contribution is -2.29. The minimum atomic E-state index is -0.968. The molecule has 0 radical (unpaired) electrons. The van der Waals surface area contributed by atoms with Gasteiger partial charge in [-0.25, -0.2) is 0 Å². The molecule has 0 bridgehead atoms. The second-order valence-electron chi connectivity index (χ2n) is 8.70. The molecule has 2 amide bonds. The molecule has 1 aliphatic heterocycles. The van der Waals surface area contributed by atoms with Gasteiger partial charge in [-0.15, -0.1) is 0 Å². The molecule has 1 atom stereocenters. The van der Waals surface area contributed by atoms with Gasteiger partial charge in [0.05, 0.1) is 37.5 Å². The Balaban J connectivity index is 1.93. The van der Waals surface area contributed by atoms with Crippen LogP contribution in [0.15, 0.2) is 72.3 Å². The van der Waals surface area contributed by atoms with E-state index in [1.165, 1.54) is 18.9 Å². The van der Waals surface area contributed by atoms with Crippen molar-refractivity contribution in [3.8, 4) is 17.2 Å². The van der Waals surface area contributed by atoms with Crippen LogP contribution in [-0.2, 0) is 14.4 Å². The fourth-order valence-electron chi connectivity index (χ4n) is 4.51. The molecular formula is C30H30N2O7. The molecule has 39 heavy (non-hydrogen) atoms. The van der Waals surface area contributed by atoms with Crippen LogP contribution in [-0.4, -0.2) is 43.0 Å². The Kier molecular flexibility index (Phi) is 8.19. The number of nitrogens with one attached hydrogen (secondary N) is 1. The summed E-state index contributed by atoms with van der Waals surface area (Å²) in [6, 6.07) is 17.4. The SMILES string of the molecule is CCOc1ccc(/C(O)=C2/C(=O)C(=O)N(c3cccc(NC(C)=O)c3)C2c2ccc(OC)cc2)c(OCC)c1. The number of rotatable bonds is 9. The number of carbonyl (C=O) groups excluding carboxylic acids is 3. The molecule has 9 nitrogen and oxygen atoms in total. The summed E-state index contributed by atoms with van der Waals surface area (Å²) in [5.74, 6) is -0.877. The summed E-state index contributed by atoms with van der Waals surface area (Å²) >= 11 is 0. The normalized spacial score (nSPS) is 16.2. The van der Waals surface area contributed by atoms with Crippen LogP contribution in [0.3, 0.4) is 0 Å². The molecule has 1 saturated heterocycles. The van der Waals surface area contributed by atoms with Gasteiger partial charge in [-0.2, -0.15) is 0 Å². The third-order valence-electron chi connectivity index (χ3n) is 6.14. The number of hydrogen-bond acceptors (Lipinski definition) is 7. The molecule has 9 heteroatoms. The van der Waals surface area contributed by atoms with Gasteiger partial charge in [0.2, 0.25) is 5.91 Å². The predicted octanol–water partition coefficient (Wildman–Crippen LogP) is 5.08. The van der Waals surface area contributed by atoms with Gasteiger partial charge in [0.1, 0.15) is 23.0 Å². The summed E-state index contributed by atoms with van der Waals surface area (Å²) in [6.45, 7) is 5.78. The molecule has 0 aliphatic carbocycles. The number of Topliss-reactive ketones (excluding diaryl/α,β-unsaturated/α-hetero) is 1. The fourth-order valence-corrected chi connectivity index (χ4v) is 4.51. The lowest BCUT2D eigenvalue weighted by molar-refractivity contribution is -0.132. The Morgan fingerprint density at radius 3 is 2.28 bits per heavy atom. The van der Waals surface area contributed by atoms with Gasteiger partial charge < -0.3 is 24.6 Å². The fraction of sp³-hybridized carbons (Fsp3) is 0.233. The average molecular weight is 531 g/mol. The maximum Gasteiger partial charge on any atom is 0.300 e. The molecule has 0 saturated carbocycles. The molecule has 2 N–H and O–H groups in total. The van der Waals surface area contributed by atoms with E-state index < -0.39 is 17.7 Å². The molecule has 1 heterocycles. The highest BCUT2D eigenvalue weighted by molar-refractivity contribution is 6.51. The van der Waals surface area contributed by atoms with Gasteiger partial charge in [-0.3, -0.25) is 19.3 Å². The van der Waals surface area contributed by atoms with E-state index >= 15 is 0 Å². The van der Waals surface area contributed by atoms with Gasteiger partial charge in [-0.1, -0.05) is 18.2 Å². The van der Waals surface area contributed by atoms with Crippen molar-refractivity contribution in [3.05, 3.63) is 83.4 Å². The van der Waals surface area contributed by atoms with Crippen LogP contribution in [0, 0.1) is 0 Å². The third-order valence-corrected chi connectivity index (χ3v) is 6.14. The first-order chi connectivity index (χ1) is 18.8. The standard InChI is InChI=1S/C30H30N2O7/c1-5-38-23-14-15-24(25(17-23)39-6-2)28(34)26-27(19-10-12-22(37-4)13-11-19)32(30(36)29(26)35)21-9-7-8-20(16-21)31-18(3)33/h7-17,27,34H,5-6H2,1-4H3,(H,31,33)/b28-26-. The van der Waals surface area contributed by atoms with E-state index in [1.54, 1.807) is 73.7 Å². The number of ether oxygens (including phenoxy) is 3. The molecule has 0 spiro atoms. The summed E-state index contributed by atoms with van der Waals surface area (Å²) in [5.41, 5.74) is 1.56. The lowest BCUT2D eigenvalue weighted by atomic mass is 9.94. The van der Waals surface area contributed by atoms with E-state index in [2.05, 4.69) is 5.32 Å². The third kappa shape index (κ3) is 5.57.